The lowest BCUT2D eigenvalue weighted by molar-refractivity contribution is 0.0939. The molecular weight excluding hydrogens is 396 g/mol. The number of carbonyl (C=O) groups excluding carboxylic acids is 1. The van der Waals surface area contributed by atoms with Crippen molar-refractivity contribution in [1.29, 1.82) is 0 Å². The van der Waals surface area contributed by atoms with E-state index in [2.05, 4.69) is 5.32 Å². The van der Waals surface area contributed by atoms with E-state index in [4.69, 9.17) is 11.6 Å². The highest BCUT2D eigenvalue weighted by Crippen LogP contribution is 2.28. The molecule has 28 heavy (non-hydrogen) atoms. The molecule has 1 atom stereocenters. The van der Waals surface area contributed by atoms with Crippen molar-refractivity contribution < 1.29 is 13.2 Å². The van der Waals surface area contributed by atoms with Crippen LogP contribution in [-0.4, -0.2) is 31.7 Å². The summed E-state index contributed by atoms with van der Waals surface area (Å²) in [7, 11) is -3.70. The first-order valence-electron chi connectivity index (χ1n) is 9.38. The van der Waals surface area contributed by atoms with Crippen molar-refractivity contribution >= 4 is 27.5 Å². The number of hydrogen-bond acceptors (Lipinski definition) is 3. The Bertz CT molecular complexity index is 999. The third-order valence-electron chi connectivity index (χ3n) is 5.13. The first-order chi connectivity index (χ1) is 13.2. The quantitative estimate of drug-likeness (QED) is 0.786. The van der Waals surface area contributed by atoms with Gasteiger partial charge in [-0.25, -0.2) is 8.42 Å². The number of amides is 1. The van der Waals surface area contributed by atoms with Gasteiger partial charge >= 0.3 is 0 Å². The fourth-order valence-electron chi connectivity index (χ4n) is 3.49. The van der Waals surface area contributed by atoms with Crippen LogP contribution in [-0.2, 0) is 10.0 Å². The standard InChI is InChI=1S/C21H25ClN2O3S/c1-14-6-7-15(2)18(12-14)16(3)23-21(25)17-8-9-19(22)20(13-17)28(26,27)24-10-4-5-11-24/h6-9,12-13,16H,4-5,10-11H2,1-3H3,(H,23,25). The summed E-state index contributed by atoms with van der Waals surface area (Å²) in [4.78, 5) is 12.8. The third kappa shape index (κ3) is 4.24. The van der Waals surface area contributed by atoms with E-state index in [0.29, 0.717) is 13.1 Å². The van der Waals surface area contributed by atoms with Crippen molar-refractivity contribution in [2.45, 2.75) is 44.6 Å². The summed E-state index contributed by atoms with van der Waals surface area (Å²) in [6.07, 6.45) is 1.68. The number of sulfonamides is 1. The monoisotopic (exact) mass is 420 g/mol. The van der Waals surface area contributed by atoms with Crippen molar-refractivity contribution in [1.82, 2.24) is 9.62 Å². The Labute approximate surface area is 171 Å². The molecule has 7 heteroatoms. The highest BCUT2D eigenvalue weighted by atomic mass is 35.5. The van der Waals surface area contributed by atoms with Gasteiger partial charge in [0.05, 0.1) is 11.1 Å². The molecule has 1 aliphatic heterocycles. The molecule has 3 rings (SSSR count). The van der Waals surface area contributed by atoms with Crippen LogP contribution in [0.25, 0.3) is 0 Å². The van der Waals surface area contributed by atoms with E-state index in [1.54, 1.807) is 6.07 Å². The molecule has 1 fully saturated rings. The van der Waals surface area contributed by atoms with Crippen LogP contribution >= 0.6 is 11.6 Å². The molecule has 0 bridgehead atoms. The van der Waals surface area contributed by atoms with E-state index in [0.717, 1.165) is 29.5 Å². The number of nitrogens with zero attached hydrogens (tertiary/aromatic N) is 1. The minimum atomic E-state index is -3.70. The van der Waals surface area contributed by atoms with Crippen LogP contribution in [0.15, 0.2) is 41.3 Å². The first kappa shape index (κ1) is 20.8. The van der Waals surface area contributed by atoms with Crippen LogP contribution in [0.5, 0.6) is 0 Å². The Kier molecular flexibility index (Phi) is 6.12. The Hall–Kier alpha value is -1.89. The topological polar surface area (TPSA) is 66.5 Å². The van der Waals surface area contributed by atoms with Crippen LogP contribution in [0.2, 0.25) is 5.02 Å². The molecule has 1 heterocycles. The fourth-order valence-corrected chi connectivity index (χ4v) is 5.51. The Morgan fingerprint density at radius 3 is 2.46 bits per heavy atom. The number of halogens is 1. The second kappa shape index (κ2) is 8.23. The van der Waals surface area contributed by atoms with Crippen molar-refractivity contribution in [2.75, 3.05) is 13.1 Å². The average molecular weight is 421 g/mol. The predicted octanol–water partition coefficient (Wildman–Crippen LogP) is 4.23. The van der Waals surface area contributed by atoms with E-state index < -0.39 is 10.0 Å². The molecule has 1 N–H and O–H groups in total. The van der Waals surface area contributed by atoms with Gasteiger partial charge in [-0.1, -0.05) is 35.4 Å². The lowest BCUT2D eigenvalue weighted by Gasteiger charge is -2.19. The van der Waals surface area contributed by atoms with Gasteiger partial charge in [-0.3, -0.25) is 4.79 Å². The van der Waals surface area contributed by atoms with Crippen LogP contribution in [0.4, 0.5) is 0 Å². The highest BCUT2D eigenvalue weighted by Gasteiger charge is 2.30. The van der Waals surface area contributed by atoms with Crippen LogP contribution in [0.1, 0.15) is 52.9 Å². The third-order valence-corrected chi connectivity index (χ3v) is 7.51. The van der Waals surface area contributed by atoms with Gasteiger partial charge in [0.15, 0.2) is 0 Å². The van der Waals surface area contributed by atoms with Crippen molar-refractivity contribution in [3.63, 3.8) is 0 Å². The average Bonchev–Trinajstić information content (AvgIpc) is 3.19. The van der Waals surface area contributed by atoms with Gasteiger partial charge in [0.25, 0.3) is 5.91 Å². The largest absolute Gasteiger partial charge is 0.346 e. The van der Waals surface area contributed by atoms with Crippen LogP contribution < -0.4 is 5.32 Å². The Balaban J connectivity index is 1.85. The minimum absolute atomic E-state index is 0.0110. The molecule has 0 aliphatic carbocycles. The van der Waals surface area contributed by atoms with Crippen molar-refractivity contribution in [3.05, 3.63) is 63.7 Å². The van der Waals surface area contributed by atoms with Gasteiger partial charge in [-0.2, -0.15) is 4.31 Å². The van der Waals surface area contributed by atoms with Crippen molar-refractivity contribution in [2.24, 2.45) is 0 Å². The maximum atomic E-state index is 12.9. The highest BCUT2D eigenvalue weighted by molar-refractivity contribution is 7.89. The lowest BCUT2D eigenvalue weighted by atomic mass is 10.00. The molecule has 0 radical (unpaired) electrons. The smallest absolute Gasteiger partial charge is 0.251 e. The summed E-state index contributed by atoms with van der Waals surface area (Å²) in [5, 5.41) is 3.09. The van der Waals surface area contributed by atoms with Gasteiger partial charge in [-0.15, -0.1) is 0 Å². The molecule has 0 saturated carbocycles. The Morgan fingerprint density at radius 1 is 1.11 bits per heavy atom. The number of rotatable bonds is 5. The van der Waals surface area contributed by atoms with E-state index >= 15 is 0 Å². The molecule has 150 valence electrons. The van der Waals surface area contributed by atoms with Gasteiger partial charge in [0, 0.05) is 18.7 Å². The predicted molar refractivity (Wildman–Crippen MR) is 111 cm³/mol. The maximum absolute atomic E-state index is 12.9. The number of carbonyl (C=O) groups is 1. The number of hydrogen-bond donors (Lipinski definition) is 1. The zero-order chi connectivity index (χ0) is 20.5. The molecule has 1 unspecified atom stereocenters. The molecule has 1 amide bonds. The van der Waals surface area contributed by atoms with E-state index in [9.17, 15) is 13.2 Å². The number of benzene rings is 2. The molecular formula is C21H25ClN2O3S. The fraction of sp³-hybridized carbons (Fsp3) is 0.381. The van der Waals surface area contributed by atoms with E-state index in [-0.39, 0.29) is 27.4 Å². The second-order valence-electron chi connectivity index (χ2n) is 7.31. The molecule has 1 saturated heterocycles. The van der Waals surface area contributed by atoms with Gasteiger partial charge < -0.3 is 5.32 Å². The maximum Gasteiger partial charge on any atom is 0.251 e. The summed E-state index contributed by atoms with van der Waals surface area (Å²) in [5.41, 5.74) is 3.52. The number of nitrogens with one attached hydrogen (secondary N) is 1. The molecule has 0 spiro atoms. The zero-order valence-electron chi connectivity index (χ0n) is 16.3. The van der Waals surface area contributed by atoms with Crippen molar-refractivity contribution in [3.8, 4) is 0 Å². The van der Waals surface area contributed by atoms with E-state index in [1.165, 1.54) is 16.4 Å². The van der Waals surface area contributed by atoms with E-state index in [1.807, 2.05) is 39.0 Å². The lowest BCUT2D eigenvalue weighted by Crippen LogP contribution is -2.29. The first-order valence-corrected chi connectivity index (χ1v) is 11.2. The molecule has 2 aromatic carbocycles. The number of aryl methyl sites for hydroxylation is 2. The van der Waals surface area contributed by atoms with Gasteiger partial charge in [0.2, 0.25) is 10.0 Å². The zero-order valence-corrected chi connectivity index (χ0v) is 17.9. The molecule has 5 nitrogen and oxygen atoms in total. The van der Waals surface area contributed by atoms with Crippen LogP contribution in [0, 0.1) is 13.8 Å². The Morgan fingerprint density at radius 2 is 1.79 bits per heavy atom. The molecule has 0 aromatic heterocycles. The summed E-state index contributed by atoms with van der Waals surface area (Å²) >= 11 is 6.17. The minimum Gasteiger partial charge on any atom is -0.346 e. The summed E-state index contributed by atoms with van der Waals surface area (Å²) < 4.78 is 27.2. The summed E-state index contributed by atoms with van der Waals surface area (Å²) in [6.45, 7) is 6.89. The summed E-state index contributed by atoms with van der Waals surface area (Å²) in [6, 6.07) is 10.3. The second-order valence-corrected chi connectivity index (χ2v) is 9.63. The van der Waals surface area contributed by atoms with Crippen LogP contribution in [0.3, 0.4) is 0 Å². The molecule has 2 aromatic rings. The molecule has 1 aliphatic rings. The van der Waals surface area contributed by atoms with Gasteiger partial charge in [-0.05, 0) is 62.9 Å². The van der Waals surface area contributed by atoms with Gasteiger partial charge in [0.1, 0.15) is 4.90 Å². The summed E-state index contributed by atoms with van der Waals surface area (Å²) in [5.74, 6) is -0.331. The SMILES string of the molecule is Cc1ccc(C)c(C(C)NC(=O)c2ccc(Cl)c(S(=O)(=O)N3CCCC3)c2)c1. The normalized spacial score (nSPS) is 16.1.